The lowest BCUT2D eigenvalue weighted by molar-refractivity contribution is 0.669. The van der Waals surface area contributed by atoms with Crippen molar-refractivity contribution in [2.24, 2.45) is 0 Å². The minimum absolute atomic E-state index is 0.358. The molecule has 0 fully saturated rings. The Hall–Kier alpha value is -6.64. The van der Waals surface area contributed by atoms with Crippen LogP contribution in [0.3, 0.4) is 0 Å². The highest BCUT2D eigenvalue weighted by atomic mass is 16.3. The Morgan fingerprint density at radius 1 is 0.491 bits per heavy atom. The minimum Gasteiger partial charge on any atom is -0.454 e. The van der Waals surface area contributed by atoms with E-state index in [1.807, 2.05) is 0 Å². The van der Waals surface area contributed by atoms with E-state index in [1.54, 1.807) is 0 Å². The van der Waals surface area contributed by atoms with Crippen LogP contribution >= 0.6 is 0 Å². The first-order chi connectivity index (χ1) is 26.2. The Labute approximate surface area is 309 Å². The molecule has 2 heteroatoms. The summed E-state index contributed by atoms with van der Waals surface area (Å²) in [6.07, 6.45) is 0.861. The standard InChI is InChI=1S/C51H35NO/c1-51(45-22-10-7-18-39(45)40-19-8-11-23-46(40)51)36-31-43-38-17-6-5-16-35(38)30-44(43)48(32-36)52(37-28-26-34(27-29-37)33-14-3-2-4-15-33)47-24-13-21-42-41-20-9-12-25-49(41)53-50(42)47/h2-29,31-32H,30H2,1H3. The van der Waals surface area contributed by atoms with Gasteiger partial charge in [-0.1, -0.05) is 146 Å². The van der Waals surface area contributed by atoms with Crippen molar-refractivity contribution in [1.82, 2.24) is 0 Å². The molecule has 0 spiro atoms. The molecule has 0 aliphatic heterocycles. The molecule has 0 unspecified atom stereocenters. The van der Waals surface area contributed by atoms with Crippen LogP contribution in [0, 0.1) is 0 Å². The average molecular weight is 678 g/mol. The van der Waals surface area contributed by atoms with Gasteiger partial charge in [0.2, 0.25) is 0 Å². The molecule has 8 aromatic carbocycles. The second-order valence-electron chi connectivity index (χ2n) is 14.6. The Bertz CT molecular complexity index is 2830. The maximum atomic E-state index is 6.78. The van der Waals surface area contributed by atoms with Crippen molar-refractivity contribution in [1.29, 1.82) is 0 Å². The SMILES string of the molecule is CC1(c2cc3c(c(N(c4ccc(-c5ccccc5)cc4)c4cccc5c4oc4ccccc45)c2)Cc2ccccc2-3)c2ccccc2-c2ccccc21. The molecule has 0 radical (unpaired) electrons. The number of hydrogen-bond acceptors (Lipinski definition) is 2. The quantitative estimate of drug-likeness (QED) is 0.180. The van der Waals surface area contributed by atoms with E-state index in [0.29, 0.717) is 0 Å². The van der Waals surface area contributed by atoms with E-state index in [0.717, 1.165) is 39.7 Å². The van der Waals surface area contributed by atoms with E-state index in [1.165, 1.54) is 66.9 Å². The molecular formula is C51H35NO. The largest absolute Gasteiger partial charge is 0.454 e. The minimum atomic E-state index is -0.358. The molecule has 9 aromatic rings. The maximum Gasteiger partial charge on any atom is 0.159 e. The molecule has 0 atom stereocenters. The lowest BCUT2D eigenvalue weighted by Crippen LogP contribution is -2.23. The van der Waals surface area contributed by atoms with Gasteiger partial charge in [0.1, 0.15) is 5.58 Å². The predicted octanol–water partition coefficient (Wildman–Crippen LogP) is 13.6. The number of benzene rings is 8. The number of rotatable bonds is 5. The third-order valence-electron chi connectivity index (χ3n) is 11.8. The van der Waals surface area contributed by atoms with Crippen molar-refractivity contribution >= 4 is 39.0 Å². The molecule has 0 N–H and O–H groups in total. The van der Waals surface area contributed by atoms with Gasteiger partial charge in [0.15, 0.2) is 5.58 Å². The highest BCUT2D eigenvalue weighted by molar-refractivity contribution is 6.10. The summed E-state index contributed by atoms with van der Waals surface area (Å²) in [5.41, 5.74) is 19.0. The number of anilines is 3. The van der Waals surface area contributed by atoms with Crippen molar-refractivity contribution in [3.05, 3.63) is 210 Å². The first-order valence-electron chi connectivity index (χ1n) is 18.5. The summed E-state index contributed by atoms with van der Waals surface area (Å²) in [4.78, 5) is 2.46. The smallest absolute Gasteiger partial charge is 0.159 e. The lowest BCUT2D eigenvalue weighted by atomic mass is 9.73. The fourth-order valence-corrected chi connectivity index (χ4v) is 9.21. The predicted molar refractivity (Wildman–Crippen MR) is 220 cm³/mol. The molecule has 53 heavy (non-hydrogen) atoms. The fraction of sp³-hybridized carbons (Fsp3) is 0.0588. The van der Waals surface area contributed by atoms with Gasteiger partial charge in [0.25, 0.3) is 0 Å². The van der Waals surface area contributed by atoms with Gasteiger partial charge in [-0.3, -0.25) is 0 Å². The normalized spacial score (nSPS) is 13.5. The van der Waals surface area contributed by atoms with Gasteiger partial charge < -0.3 is 9.32 Å². The third-order valence-corrected chi connectivity index (χ3v) is 11.8. The van der Waals surface area contributed by atoms with Crippen LogP contribution in [0.4, 0.5) is 17.1 Å². The van der Waals surface area contributed by atoms with Crippen LogP contribution in [0.15, 0.2) is 186 Å². The van der Waals surface area contributed by atoms with Crippen molar-refractivity contribution in [2.45, 2.75) is 18.8 Å². The third kappa shape index (κ3) is 4.39. The van der Waals surface area contributed by atoms with Crippen LogP contribution in [0.2, 0.25) is 0 Å². The summed E-state index contributed by atoms with van der Waals surface area (Å²) in [5, 5.41) is 2.24. The van der Waals surface area contributed by atoms with Crippen molar-refractivity contribution < 1.29 is 4.42 Å². The van der Waals surface area contributed by atoms with E-state index >= 15 is 0 Å². The summed E-state index contributed by atoms with van der Waals surface area (Å²) in [6.45, 7) is 2.42. The zero-order valence-electron chi connectivity index (χ0n) is 29.4. The van der Waals surface area contributed by atoms with Gasteiger partial charge in [-0.05, 0) is 105 Å². The first kappa shape index (κ1) is 30.0. The summed E-state index contributed by atoms with van der Waals surface area (Å²) >= 11 is 0. The van der Waals surface area contributed by atoms with Crippen LogP contribution in [-0.4, -0.2) is 0 Å². The molecule has 11 rings (SSSR count). The molecule has 250 valence electrons. The summed E-state index contributed by atoms with van der Waals surface area (Å²) in [7, 11) is 0. The molecular weight excluding hydrogens is 643 g/mol. The molecule has 0 bridgehead atoms. The highest BCUT2D eigenvalue weighted by Gasteiger charge is 2.42. The van der Waals surface area contributed by atoms with Gasteiger partial charge in [-0.15, -0.1) is 0 Å². The summed E-state index contributed by atoms with van der Waals surface area (Å²) in [6, 6.07) is 66.5. The van der Waals surface area contributed by atoms with E-state index in [9.17, 15) is 0 Å². The van der Waals surface area contributed by atoms with Crippen molar-refractivity contribution in [3.63, 3.8) is 0 Å². The Kier molecular flexibility index (Phi) is 6.48. The van der Waals surface area contributed by atoms with E-state index < -0.39 is 0 Å². The highest BCUT2D eigenvalue weighted by Crippen LogP contribution is 2.56. The van der Waals surface area contributed by atoms with Gasteiger partial charge >= 0.3 is 0 Å². The summed E-state index contributed by atoms with van der Waals surface area (Å²) in [5.74, 6) is 0. The topological polar surface area (TPSA) is 16.4 Å². The Morgan fingerprint density at radius 2 is 1.11 bits per heavy atom. The molecule has 0 amide bonds. The van der Waals surface area contributed by atoms with Crippen molar-refractivity contribution in [3.8, 4) is 33.4 Å². The monoisotopic (exact) mass is 677 g/mol. The van der Waals surface area contributed by atoms with Crippen LogP contribution in [-0.2, 0) is 11.8 Å². The molecule has 1 aromatic heterocycles. The van der Waals surface area contributed by atoms with Crippen LogP contribution in [0.5, 0.6) is 0 Å². The van der Waals surface area contributed by atoms with E-state index in [-0.39, 0.29) is 5.41 Å². The maximum absolute atomic E-state index is 6.78. The van der Waals surface area contributed by atoms with Gasteiger partial charge in [-0.2, -0.15) is 0 Å². The molecule has 2 nitrogen and oxygen atoms in total. The van der Waals surface area contributed by atoms with Gasteiger partial charge in [0.05, 0.1) is 11.4 Å². The number of fused-ring (bicyclic) bond motifs is 9. The number of nitrogens with zero attached hydrogens (tertiary/aromatic N) is 1. The van der Waals surface area contributed by atoms with Crippen molar-refractivity contribution in [2.75, 3.05) is 4.90 Å². The van der Waals surface area contributed by atoms with Crippen LogP contribution in [0.1, 0.15) is 34.7 Å². The fourth-order valence-electron chi connectivity index (χ4n) is 9.21. The first-order valence-corrected chi connectivity index (χ1v) is 18.5. The zero-order valence-corrected chi connectivity index (χ0v) is 29.4. The summed E-state index contributed by atoms with van der Waals surface area (Å²) < 4.78 is 6.78. The van der Waals surface area contributed by atoms with Gasteiger partial charge in [-0.25, -0.2) is 0 Å². The lowest BCUT2D eigenvalue weighted by Gasteiger charge is -2.33. The van der Waals surface area contributed by atoms with Crippen LogP contribution < -0.4 is 4.90 Å². The zero-order chi connectivity index (χ0) is 35.1. The Morgan fingerprint density at radius 3 is 1.89 bits per heavy atom. The second-order valence-corrected chi connectivity index (χ2v) is 14.6. The molecule has 0 saturated heterocycles. The van der Waals surface area contributed by atoms with E-state index in [2.05, 4.69) is 194 Å². The molecule has 2 aliphatic rings. The number of para-hydroxylation sites is 2. The van der Waals surface area contributed by atoms with Gasteiger partial charge in [0, 0.05) is 28.3 Å². The van der Waals surface area contributed by atoms with Crippen LogP contribution in [0.25, 0.3) is 55.3 Å². The molecule has 2 aliphatic carbocycles. The second kappa shape index (κ2) is 11.4. The number of furan rings is 1. The molecule has 0 saturated carbocycles. The Balaban J connectivity index is 1.22. The average Bonchev–Trinajstić information content (AvgIpc) is 3.88. The molecule has 1 heterocycles. The van der Waals surface area contributed by atoms with E-state index in [4.69, 9.17) is 4.42 Å². The number of hydrogen-bond donors (Lipinski definition) is 0.